The van der Waals surface area contributed by atoms with Crippen molar-refractivity contribution >= 4 is 29.7 Å². The Bertz CT molecular complexity index is 951. The average molecular weight is 534 g/mol. The molecular weight excluding hydrogens is 490 g/mol. The van der Waals surface area contributed by atoms with Crippen LogP contribution in [-0.4, -0.2) is 65.5 Å². The van der Waals surface area contributed by atoms with E-state index in [4.69, 9.17) is 17.2 Å². The standard InChI is InChI=1S/C26H43N7O5/c1-5-16(4)21(24(36)31-19(25(37)38)14-17-10-7-6-8-11-17)33-23(35)20(15(2)3)32-22(34)18(27)12-9-13-30-26(28)29/h6-8,10-11,15-16,18-21H,5,9,12-14,27H2,1-4H3,(H,31,36)(H,32,34)(H,33,35)(H,37,38)(H4,28,29,30). The number of aliphatic carboxylic acids is 1. The number of carboxylic acids is 1. The Morgan fingerprint density at radius 3 is 2.03 bits per heavy atom. The molecule has 0 fully saturated rings. The summed E-state index contributed by atoms with van der Waals surface area (Å²) in [7, 11) is 0. The van der Waals surface area contributed by atoms with E-state index in [1.807, 2.05) is 13.0 Å². The van der Waals surface area contributed by atoms with Crippen molar-refractivity contribution in [2.75, 3.05) is 6.54 Å². The molecule has 0 aliphatic rings. The lowest BCUT2D eigenvalue weighted by molar-refractivity contribution is -0.142. The van der Waals surface area contributed by atoms with Crippen molar-refractivity contribution in [3.8, 4) is 0 Å². The third-order valence-electron chi connectivity index (χ3n) is 6.24. The van der Waals surface area contributed by atoms with E-state index in [2.05, 4.69) is 20.9 Å². The van der Waals surface area contributed by atoms with Gasteiger partial charge in [-0.15, -0.1) is 0 Å². The summed E-state index contributed by atoms with van der Waals surface area (Å²) in [6, 6.07) is 4.93. The molecule has 12 heteroatoms. The molecule has 0 aromatic heterocycles. The summed E-state index contributed by atoms with van der Waals surface area (Å²) in [5, 5.41) is 17.6. The van der Waals surface area contributed by atoms with Gasteiger partial charge >= 0.3 is 5.97 Å². The minimum Gasteiger partial charge on any atom is -0.480 e. The van der Waals surface area contributed by atoms with Crippen molar-refractivity contribution < 1.29 is 24.3 Å². The lowest BCUT2D eigenvalue weighted by Crippen LogP contribution is -2.60. The highest BCUT2D eigenvalue weighted by Gasteiger charge is 2.33. The highest BCUT2D eigenvalue weighted by molar-refractivity contribution is 5.94. The number of carbonyl (C=O) groups excluding carboxylic acids is 3. The van der Waals surface area contributed by atoms with E-state index < -0.39 is 47.9 Å². The second kappa shape index (κ2) is 16.2. The van der Waals surface area contributed by atoms with Crippen LogP contribution in [0.15, 0.2) is 35.3 Å². The molecule has 212 valence electrons. The Hall–Kier alpha value is -3.67. The number of carbonyl (C=O) groups is 4. The quantitative estimate of drug-likeness (QED) is 0.0859. The molecule has 1 aromatic rings. The Labute approximate surface area is 224 Å². The fourth-order valence-electron chi connectivity index (χ4n) is 3.70. The normalized spacial score (nSPS) is 14.9. The smallest absolute Gasteiger partial charge is 0.326 e. The number of nitrogens with two attached hydrogens (primary N) is 3. The van der Waals surface area contributed by atoms with Gasteiger partial charge in [-0.25, -0.2) is 4.79 Å². The predicted molar refractivity (Wildman–Crippen MR) is 146 cm³/mol. The van der Waals surface area contributed by atoms with E-state index >= 15 is 0 Å². The lowest BCUT2D eigenvalue weighted by atomic mass is 9.95. The number of hydrogen-bond acceptors (Lipinski definition) is 6. The number of rotatable bonds is 16. The molecule has 0 bridgehead atoms. The largest absolute Gasteiger partial charge is 0.480 e. The van der Waals surface area contributed by atoms with E-state index in [1.165, 1.54) is 0 Å². The molecule has 0 saturated carbocycles. The van der Waals surface area contributed by atoms with Gasteiger partial charge in [0.2, 0.25) is 17.7 Å². The van der Waals surface area contributed by atoms with E-state index in [0.29, 0.717) is 25.8 Å². The first-order valence-corrected chi connectivity index (χ1v) is 12.9. The van der Waals surface area contributed by atoms with Gasteiger partial charge in [-0.2, -0.15) is 0 Å². The number of hydrogen-bond donors (Lipinski definition) is 7. The van der Waals surface area contributed by atoms with Crippen LogP contribution in [0.4, 0.5) is 0 Å². The molecule has 12 nitrogen and oxygen atoms in total. The van der Waals surface area contributed by atoms with Crippen LogP contribution in [0.1, 0.15) is 52.5 Å². The van der Waals surface area contributed by atoms with Crippen molar-refractivity contribution in [2.45, 2.75) is 77.5 Å². The molecule has 0 aliphatic carbocycles. The Balaban J connectivity index is 2.92. The number of guanidine groups is 1. The minimum atomic E-state index is -1.18. The van der Waals surface area contributed by atoms with E-state index in [0.717, 1.165) is 5.56 Å². The third-order valence-corrected chi connectivity index (χ3v) is 6.24. The highest BCUT2D eigenvalue weighted by atomic mass is 16.4. The van der Waals surface area contributed by atoms with E-state index in [9.17, 15) is 24.3 Å². The maximum Gasteiger partial charge on any atom is 0.326 e. The number of nitrogens with one attached hydrogen (secondary N) is 3. The summed E-state index contributed by atoms with van der Waals surface area (Å²) in [5.41, 5.74) is 17.3. The maximum atomic E-state index is 13.2. The Morgan fingerprint density at radius 2 is 1.50 bits per heavy atom. The van der Waals surface area contributed by atoms with E-state index in [-0.39, 0.29) is 24.2 Å². The molecule has 3 amide bonds. The molecule has 10 N–H and O–H groups in total. The fourth-order valence-corrected chi connectivity index (χ4v) is 3.70. The molecule has 0 spiro atoms. The first-order valence-electron chi connectivity index (χ1n) is 12.9. The van der Waals surface area contributed by atoms with Gasteiger partial charge in [-0.3, -0.25) is 19.4 Å². The van der Waals surface area contributed by atoms with Gasteiger partial charge in [-0.05, 0) is 30.2 Å². The monoisotopic (exact) mass is 533 g/mol. The Kier molecular flexibility index (Phi) is 13.8. The molecule has 1 aromatic carbocycles. The molecule has 0 heterocycles. The summed E-state index contributed by atoms with van der Waals surface area (Å²) < 4.78 is 0. The molecule has 0 radical (unpaired) electrons. The fraction of sp³-hybridized carbons (Fsp3) is 0.577. The zero-order chi connectivity index (χ0) is 28.8. The predicted octanol–water partition coefficient (Wildman–Crippen LogP) is -0.149. The van der Waals surface area contributed by atoms with Crippen molar-refractivity contribution in [3.05, 3.63) is 35.9 Å². The van der Waals surface area contributed by atoms with Crippen LogP contribution in [-0.2, 0) is 25.6 Å². The van der Waals surface area contributed by atoms with Gasteiger partial charge in [-0.1, -0.05) is 64.4 Å². The van der Waals surface area contributed by atoms with Crippen LogP contribution in [0, 0.1) is 11.8 Å². The van der Waals surface area contributed by atoms with Crippen LogP contribution in [0.25, 0.3) is 0 Å². The van der Waals surface area contributed by atoms with E-state index in [1.54, 1.807) is 45.0 Å². The average Bonchev–Trinajstić information content (AvgIpc) is 2.87. The number of aliphatic imine (C=N–C) groups is 1. The van der Waals surface area contributed by atoms with Gasteiger partial charge in [0, 0.05) is 13.0 Å². The molecule has 0 aliphatic heterocycles. The third kappa shape index (κ3) is 11.2. The first kappa shape index (κ1) is 32.4. The van der Waals surface area contributed by atoms with Crippen LogP contribution in [0.2, 0.25) is 0 Å². The summed E-state index contributed by atoms with van der Waals surface area (Å²) >= 11 is 0. The van der Waals surface area contributed by atoms with Gasteiger partial charge in [0.1, 0.15) is 18.1 Å². The summed E-state index contributed by atoms with van der Waals surface area (Å²) in [5.74, 6) is -3.52. The number of benzene rings is 1. The maximum absolute atomic E-state index is 13.2. The molecule has 38 heavy (non-hydrogen) atoms. The van der Waals surface area contributed by atoms with Gasteiger partial charge in [0.15, 0.2) is 5.96 Å². The molecule has 1 rings (SSSR count). The summed E-state index contributed by atoms with van der Waals surface area (Å²) in [4.78, 5) is 54.7. The zero-order valence-corrected chi connectivity index (χ0v) is 22.6. The first-order chi connectivity index (χ1) is 17.9. The SMILES string of the molecule is CCC(C)C(NC(=O)C(NC(=O)C(N)CCCN=C(N)N)C(C)C)C(=O)NC(Cc1ccccc1)C(=O)O. The van der Waals surface area contributed by atoms with Crippen LogP contribution >= 0.6 is 0 Å². The van der Waals surface area contributed by atoms with Gasteiger partial charge in [0.25, 0.3) is 0 Å². The van der Waals surface area contributed by atoms with Crippen molar-refractivity contribution in [2.24, 2.45) is 34.0 Å². The lowest BCUT2D eigenvalue weighted by Gasteiger charge is -2.29. The number of amides is 3. The minimum absolute atomic E-state index is 0.0470. The summed E-state index contributed by atoms with van der Waals surface area (Å²) in [6.07, 6.45) is 1.43. The second-order valence-corrected chi connectivity index (χ2v) is 9.75. The Morgan fingerprint density at radius 1 is 0.921 bits per heavy atom. The van der Waals surface area contributed by atoms with Crippen LogP contribution < -0.4 is 33.2 Å². The van der Waals surface area contributed by atoms with Crippen molar-refractivity contribution in [1.82, 2.24) is 16.0 Å². The second-order valence-electron chi connectivity index (χ2n) is 9.75. The van der Waals surface area contributed by atoms with Gasteiger partial charge in [0.05, 0.1) is 6.04 Å². The molecule has 5 unspecified atom stereocenters. The number of nitrogens with zero attached hydrogens (tertiary/aromatic N) is 1. The van der Waals surface area contributed by atoms with Crippen molar-refractivity contribution in [3.63, 3.8) is 0 Å². The molecule has 0 saturated heterocycles. The molecule has 5 atom stereocenters. The summed E-state index contributed by atoms with van der Waals surface area (Å²) in [6.45, 7) is 7.48. The van der Waals surface area contributed by atoms with Crippen molar-refractivity contribution in [1.29, 1.82) is 0 Å². The van der Waals surface area contributed by atoms with Gasteiger partial charge < -0.3 is 38.3 Å². The number of carboxylic acid groups (broad SMARTS) is 1. The highest BCUT2D eigenvalue weighted by Crippen LogP contribution is 2.12. The topological polar surface area (TPSA) is 215 Å². The van der Waals surface area contributed by atoms with Crippen LogP contribution in [0.3, 0.4) is 0 Å². The molecular formula is C26H43N7O5. The zero-order valence-electron chi connectivity index (χ0n) is 22.6. The van der Waals surface area contributed by atoms with Crippen LogP contribution in [0.5, 0.6) is 0 Å².